The number of ether oxygens (including phenoxy) is 4. The fourth-order valence-electron chi connectivity index (χ4n) is 13.9. The Balaban J connectivity index is 1.46. The van der Waals surface area contributed by atoms with E-state index in [1.165, 1.54) is 0 Å². The van der Waals surface area contributed by atoms with Crippen LogP contribution in [0.3, 0.4) is 0 Å². The third-order valence-corrected chi connectivity index (χ3v) is 17.6. The van der Waals surface area contributed by atoms with Crippen molar-refractivity contribution in [3.05, 3.63) is 0 Å². The van der Waals surface area contributed by atoms with Gasteiger partial charge in [0.2, 0.25) is 0 Å². The summed E-state index contributed by atoms with van der Waals surface area (Å²) in [4.78, 5) is 0. The Morgan fingerprint density at radius 2 is 1.28 bits per heavy atom. The number of fused-ring (bicyclic) bond motifs is 5. The number of hydrogen-bond donors (Lipinski definition) is 11. The van der Waals surface area contributed by atoms with Crippen LogP contribution in [0.1, 0.15) is 113 Å². The lowest BCUT2D eigenvalue weighted by molar-refractivity contribution is -0.349. The van der Waals surface area contributed by atoms with Gasteiger partial charge in [-0.2, -0.15) is 8.42 Å². The molecule has 0 aromatic heterocycles. The zero-order chi connectivity index (χ0) is 45.6. The molecule has 0 amide bonds. The highest BCUT2D eigenvalue weighted by Crippen LogP contribution is 2.76. The topological polar surface area (TPSA) is 303 Å². The second-order valence-corrected chi connectivity index (χ2v) is 22.6. The highest BCUT2D eigenvalue weighted by Gasteiger charge is 2.74. The van der Waals surface area contributed by atoms with Crippen molar-refractivity contribution in [1.29, 1.82) is 0 Å². The Morgan fingerprint density at radius 1 is 0.721 bits per heavy atom. The second kappa shape index (κ2) is 17.2. The standard InChI is InChI=1S/C42H74O18S/c1-37(2,52)12-9-13-42(8,59-36-33(51)31(49)29(47)24(19-44)58-36)20-10-15-40(6)27(20)21(60-61(53,54)55)16-25-39(5)14-11-26(45)38(3,4)34(39)22(17-41(25,40)7)56-35-32(50)30(48)28(46)23(18-43)57-35/h20-36,43-52H,9-19H2,1-8H3,(H,53,54,55)/t20-,21+,22-,23+,24+,25+,26-,27-,28+,29+,30-,31-,32+,33+,34-,35+,36-,39+,40+,41+,42-/m0/s1. The molecule has 2 aliphatic heterocycles. The summed E-state index contributed by atoms with van der Waals surface area (Å²) in [6, 6.07) is 0. The van der Waals surface area contributed by atoms with E-state index in [0.29, 0.717) is 44.9 Å². The molecular formula is C42H74O18S. The maximum atomic E-state index is 12.9. The Morgan fingerprint density at radius 3 is 1.82 bits per heavy atom. The van der Waals surface area contributed by atoms with Gasteiger partial charge in [0.25, 0.3) is 0 Å². The van der Waals surface area contributed by atoms with Crippen molar-refractivity contribution in [3.63, 3.8) is 0 Å². The van der Waals surface area contributed by atoms with Crippen LogP contribution in [0.15, 0.2) is 0 Å². The molecule has 19 heteroatoms. The Hall–Kier alpha value is -0.690. The number of aliphatic hydroxyl groups is 10. The number of hydrogen-bond acceptors (Lipinski definition) is 17. The van der Waals surface area contributed by atoms with Crippen molar-refractivity contribution in [2.45, 2.75) is 204 Å². The fourth-order valence-corrected chi connectivity index (χ4v) is 14.4. The van der Waals surface area contributed by atoms with Gasteiger partial charge in [-0.1, -0.05) is 34.6 Å². The van der Waals surface area contributed by atoms with Crippen LogP contribution < -0.4 is 0 Å². The average Bonchev–Trinajstić information content (AvgIpc) is 3.53. The minimum absolute atomic E-state index is 0.152. The molecule has 0 bridgehead atoms. The Kier molecular flexibility index (Phi) is 14.0. The lowest BCUT2D eigenvalue weighted by Gasteiger charge is -2.72. The summed E-state index contributed by atoms with van der Waals surface area (Å²) in [6.07, 6.45) is -15.0. The van der Waals surface area contributed by atoms with E-state index in [4.69, 9.17) is 23.1 Å². The molecule has 6 aliphatic rings. The van der Waals surface area contributed by atoms with Crippen LogP contribution in [0.5, 0.6) is 0 Å². The van der Waals surface area contributed by atoms with Crippen LogP contribution in [0, 0.1) is 45.3 Å². The van der Waals surface area contributed by atoms with Crippen LogP contribution in [0.4, 0.5) is 0 Å². The van der Waals surface area contributed by atoms with Gasteiger partial charge in [-0.3, -0.25) is 4.55 Å². The lowest BCUT2D eigenvalue weighted by Crippen LogP contribution is -2.71. The largest absolute Gasteiger partial charge is 0.397 e. The van der Waals surface area contributed by atoms with E-state index in [2.05, 4.69) is 20.8 Å². The molecule has 21 atom stereocenters. The monoisotopic (exact) mass is 898 g/mol. The van der Waals surface area contributed by atoms with E-state index in [1.54, 1.807) is 20.8 Å². The zero-order valence-electron chi connectivity index (χ0n) is 36.8. The molecule has 356 valence electrons. The normalized spacial score (nSPS) is 50.0. The van der Waals surface area contributed by atoms with Gasteiger partial charge in [0, 0.05) is 0 Å². The van der Waals surface area contributed by atoms with Crippen molar-refractivity contribution < 1.29 is 87.2 Å². The van der Waals surface area contributed by atoms with Crippen LogP contribution in [0.2, 0.25) is 0 Å². The highest BCUT2D eigenvalue weighted by molar-refractivity contribution is 7.80. The maximum absolute atomic E-state index is 12.9. The molecule has 0 radical (unpaired) electrons. The zero-order valence-corrected chi connectivity index (χ0v) is 37.6. The molecule has 4 saturated carbocycles. The van der Waals surface area contributed by atoms with Crippen LogP contribution in [-0.2, 0) is 33.5 Å². The minimum atomic E-state index is -5.05. The van der Waals surface area contributed by atoms with Crippen molar-refractivity contribution in [3.8, 4) is 0 Å². The van der Waals surface area contributed by atoms with Gasteiger partial charge in [-0.15, -0.1) is 0 Å². The molecule has 61 heavy (non-hydrogen) atoms. The van der Waals surface area contributed by atoms with Gasteiger partial charge in [0.05, 0.1) is 42.7 Å². The highest BCUT2D eigenvalue weighted by atomic mass is 32.3. The third kappa shape index (κ3) is 8.74. The van der Waals surface area contributed by atoms with Crippen molar-refractivity contribution in [1.82, 2.24) is 0 Å². The first-order valence-electron chi connectivity index (χ1n) is 22.0. The predicted octanol–water partition coefficient (Wildman–Crippen LogP) is 0.142. The lowest BCUT2D eigenvalue weighted by atomic mass is 9.34. The van der Waals surface area contributed by atoms with Gasteiger partial charge < -0.3 is 70.0 Å². The van der Waals surface area contributed by atoms with Crippen molar-refractivity contribution in [2.75, 3.05) is 13.2 Å². The second-order valence-electron chi connectivity index (χ2n) is 21.6. The van der Waals surface area contributed by atoms with Gasteiger partial charge in [0.15, 0.2) is 12.6 Å². The van der Waals surface area contributed by atoms with Crippen molar-refractivity contribution >= 4 is 10.4 Å². The average molecular weight is 899 g/mol. The van der Waals surface area contributed by atoms with Crippen LogP contribution in [-0.4, -0.2) is 168 Å². The summed E-state index contributed by atoms with van der Waals surface area (Å²) < 4.78 is 67.2. The Labute approximate surface area is 359 Å². The molecular weight excluding hydrogens is 825 g/mol. The maximum Gasteiger partial charge on any atom is 0.397 e. The van der Waals surface area contributed by atoms with Crippen molar-refractivity contribution in [2.24, 2.45) is 45.3 Å². The summed E-state index contributed by atoms with van der Waals surface area (Å²) >= 11 is 0. The molecule has 0 aromatic rings. The summed E-state index contributed by atoms with van der Waals surface area (Å²) in [5, 5.41) is 107. The van der Waals surface area contributed by atoms with E-state index < -0.39 is 154 Å². The van der Waals surface area contributed by atoms with E-state index in [-0.39, 0.29) is 18.8 Å². The quantitative estimate of drug-likeness (QED) is 0.0866. The molecule has 6 rings (SSSR count). The Bertz CT molecular complexity index is 1640. The molecule has 2 heterocycles. The van der Waals surface area contributed by atoms with Gasteiger partial charge >= 0.3 is 10.4 Å². The summed E-state index contributed by atoms with van der Waals surface area (Å²) in [6.45, 7) is 13.9. The van der Waals surface area contributed by atoms with Gasteiger partial charge in [0.1, 0.15) is 48.8 Å². The predicted molar refractivity (Wildman–Crippen MR) is 214 cm³/mol. The first kappa shape index (κ1) is 49.7. The first-order chi connectivity index (χ1) is 28.0. The first-order valence-corrected chi connectivity index (χ1v) is 23.4. The number of rotatable bonds is 13. The summed E-state index contributed by atoms with van der Waals surface area (Å²) in [5.74, 6) is -2.00. The number of aliphatic hydroxyl groups excluding tert-OH is 9. The summed E-state index contributed by atoms with van der Waals surface area (Å²) in [7, 11) is -5.05. The molecule has 0 unspecified atom stereocenters. The smallest absolute Gasteiger partial charge is 0.394 e. The molecule has 6 fully saturated rings. The van der Waals surface area contributed by atoms with E-state index in [0.717, 1.165) is 0 Å². The van der Waals surface area contributed by atoms with E-state index in [9.17, 15) is 64.0 Å². The molecule has 4 aliphatic carbocycles. The molecule has 2 saturated heterocycles. The van der Waals surface area contributed by atoms with Gasteiger partial charge in [-0.25, -0.2) is 4.18 Å². The minimum Gasteiger partial charge on any atom is -0.394 e. The molecule has 11 N–H and O–H groups in total. The molecule has 0 spiro atoms. The summed E-state index contributed by atoms with van der Waals surface area (Å²) in [5.41, 5.74) is -5.41. The van der Waals surface area contributed by atoms with E-state index in [1.807, 2.05) is 13.8 Å². The van der Waals surface area contributed by atoms with Crippen LogP contribution >= 0.6 is 0 Å². The molecule has 0 aromatic carbocycles. The van der Waals surface area contributed by atoms with E-state index >= 15 is 0 Å². The fraction of sp³-hybridized carbons (Fsp3) is 1.00. The third-order valence-electron chi connectivity index (χ3n) is 17.1. The van der Waals surface area contributed by atoms with Crippen LogP contribution in [0.25, 0.3) is 0 Å². The SMILES string of the molecule is CC(C)(O)CCC[C@](C)(O[C@@H]1O[C@H](CO)[C@@H](O)[C@H](O)[C@H]1O)[C@H]1CC[C@]2(C)[C@@H]1[C@H](OS(=O)(=O)O)C[C@@H]1[C@@]3(C)CC[C@H](O)C(C)(C)[C@@H]3[C@@H](O[C@@H]3O[C@H](CO)[C@@H](O)[C@H](O)[C@H]3O)C[C@]12C. The molecule has 18 nitrogen and oxygen atoms in total. The van der Waals surface area contributed by atoms with Gasteiger partial charge in [-0.05, 0) is 124 Å².